The SMILES string of the molecule is CC(NC(N)=O)C(=O)N=c1sccn1C. The number of nitrogens with two attached hydrogens (primary N) is 1. The number of primary amides is 1. The Kier molecular flexibility index (Phi) is 3.62. The highest BCUT2D eigenvalue weighted by atomic mass is 32.1. The van der Waals surface area contributed by atoms with Gasteiger partial charge in [-0.1, -0.05) is 0 Å². The largest absolute Gasteiger partial charge is 0.352 e. The summed E-state index contributed by atoms with van der Waals surface area (Å²) in [6, 6.07) is -1.44. The fourth-order valence-electron chi connectivity index (χ4n) is 0.901. The van der Waals surface area contributed by atoms with E-state index in [0.29, 0.717) is 4.80 Å². The number of hydrogen-bond acceptors (Lipinski definition) is 3. The minimum atomic E-state index is -0.735. The van der Waals surface area contributed by atoms with Crippen molar-refractivity contribution in [3.05, 3.63) is 16.4 Å². The molecule has 7 heteroatoms. The Hall–Kier alpha value is -1.63. The molecular weight excluding hydrogens is 216 g/mol. The summed E-state index contributed by atoms with van der Waals surface area (Å²) in [7, 11) is 1.79. The zero-order valence-corrected chi connectivity index (χ0v) is 9.25. The van der Waals surface area contributed by atoms with Gasteiger partial charge < -0.3 is 15.6 Å². The lowest BCUT2D eigenvalue weighted by molar-refractivity contribution is -0.119. The summed E-state index contributed by atoms with van der Waals surface area (Å²) in [6.07, 6.45) is 1.79. The number of nitrogens with zero attached hydrogens (tertiary/aromatic N) is 2. The molecule has 0 aliphatic heterocycles. The predicted molar refractivity (Wildman–Crippen MR) is 56.0 cm³/mol. The van der Waals surface area contributed by atoms with Crippen LogP contribution in [0.4, 0.5) is 4.79 Å². The van der Waals surface area contributed by atoms with E-state index in [4.69, 9.17) is 5.73 Å². The monoisotopic (exact) mass is 228 g/mol. The van der Waals surface area contributed by atoms with Crippen molar-refractivity contribution in [3.8, 4) is 0 Å². The molecule has 3 amide bonds. The first kappa shape index (κ1) is 11.4. The first-order valence-corrected chi connectivity index (χ1v) is 5.13. The zero-order chi connectivity index (χ0) is 11.4. The minimum Gasteiger partial charge on any atom is -0.352 e. The molecule has 1 aromatic heterocycles. The molecule has 6 nitrogen and oxygen atoms in total. The van der Waals surface area contributed by atoms with Crippen molar-refractivity contribution in [2.75, 3.05) is 0 Å². The Morgan fingerprint density at radius 3 is 2.80 bits per heavy atom. The number of nitrogens with one attached hydrogen (secondary N) is 1. The van der Waals surface area contributed by atoms with Gasteiger partial charge in [0.05, 0.1) is 0 Å². The van der Waals surface area contributed by atoms with Gasteiger partial charge in [-0.3, -0.25) is 4.79 Å². The highest BCUT2D eigenvalue weighted by Crippen LogP contribution is 1.89. The van der Waals surface area contributed by atoms with Gasteiger partial charge in [-0.2, -0.15) is 4.99 Å². The molecule has 0 aliphatic carbocycles. The molecule has 3 N–H and O–H groups in total. The molecule has 1 heterocycles. The molecule has 0 spiro atoms. The molecule has 0 fully saturated rings. The summed E-state index contributed by atoms with van der Waals surface area (Å²) in [6.45, 7) is 1.53. The van der Waals surface area contributed by atoms with Crippen LogP contribution in [-0.2, 0) is 11.8 Å². The van der Waals surface area contributed by atoms with Crippen LogP contribution in [0.1, 0.15) is 6.92 Å². The third kappa shape index (κ3) is 3.21. The number of thiazole rings is 1. The Balaban J connectivity index is 2.79. The van der Waals surface area contributed by atoms with Gasteiger partial charge in [0.25, 0.3) is 5.91 Å². The number of aromatic nitrogens is 1. The van der Waals surface area contributed by atoms with E-state index >= 15 is 0 Å². The summed E-state index contributed by atoms with van der Waals surface area (Å²) in [5.74, 6) is -0.424. The highest BCUT2D eigenvalue weighted by Gasteiger charge is 2.12. The summed E-state index contributed by atoms with van der Waals surface area (Å²) < 4.78 is 1.72. The van der Waals surface area contributed by atoms with Crippen LogP contribution in [0, 0.1) is 0 Å². The maximum atomic E-state index is 11.5. The Morgan fingerprint density at radius 2 is 2.33 bits per heavy atom. The van der Waals surface area contributed by atoms with Gasteiger partial charge in [-0.25, -0.2) is 4.79 Å². The summed E-state index contributed by atoms with van der Waals surface area (Å²) >= 11 is 1.35. The van der Waals surface area contributed by atoms with E-state index in [1.54, 1.807) is 17.8 Å². The van der Waals surface area contributed by atoms with E-state index in [2.05, 4.69) is 10.3 Å². The molecule has 82 valence electrons. The number of carbonyl (C=O) groups is 2. The number of aryl methyl sites for hydroxylation is 1. The van der Waals surface area contributed by atoms with E-state index in [9.17, 15) is 9.59 Å². The number of hydrogen-bond donors (Lipinski definition) is 2. The van der Waals surface area contributed by atoms with E-state index in [1.165, 1.54) is 18.3 Å². The second-order valence-electron chi connectivity index (χ2n) is 2.98. The number of rotatable bonds is 2. The molecule has 1 atom stereocenters. The molecular formula is C8H12N4O2S. The van der Waals surface area contributed by atoms with Crippen LogP contribution in [0.5, 0.6) is 0 Å². The first-order valence-electron chi connectivity index (χ1n) is 4.25. The van der Waals surface area contributed by atoms with E-state index < -0.39 is 18.0 Å². The quantitative estimate of drug-likeness (QED) is 0.719. The van der Waals surface area contributed by atoms with Crippen molar-refractivity contribution in [2.24, 2.45) is 17.8 Å². The van der Waals surface area contributed by atoms with Crippen LogP contribution in [0.15, 0.2) is 16.6 Å². The molecule has 0 aromatic carbocycles. The van der Waals surface area contributed by atoms with Gasteiger partial charge in [-0.05, 0) is 6.92 Å². The number of carbonyl (C=O) groups excluding carboxylic acids is 2. The van der Waals surface area contributed by atoms with Crippen molar-refractivity contribution < 1.29 is 9.59 Å². The summed E-state index contributed by atoms with van der Waals surface area (Å²) in [4.78, 5) is 26.4. The Bertz CT molecular complexity index is 434. The van der Waals surface area contributed by atoms with E-state index in [0.717, 1.165) is 0 Å². The van der Waals surface area contributed by atoms with Crippen LogP contribution in [0.25, 0.3) is 0 Å². The van der Waals surface area contributed by atoms with Crippen molar-refractivity contribution in [1.82, 2.24) is 9.88 Å². The smallest absolute Gasteiger partial charge is 0.312 e. The standard InChI is InChI=1S/C8H12N4O2S/c1-5(10-7(9)14)6(13)11-8-12(2)3-4-15-8/h3-5H,1-2H3,(H3,9,10,14). The van der Waals surface area contributed by atoms with Gasteiger partial charge >= 0.3 is 6.03 Å². The molecule has 15 heavy (non-hydrogen) atoms. The van der Waals surface area contributed by atoms with Gasteiger partial charge in [0.2, 0.25) is 0 Å². The van der Waals surface area contributed by atoms with E-state index in [-0.39, 0.29) is 0 Å². The summed E-state index contributed by atoms with van der Waals surface area (Å²) in [5.41, 5.74) is 4.89. The van der Waals surface area contributed by atoms with Gasteiger partial charge in [0.15, 0.2) is 4.80 Å². The van der Waals surface area contributed by atoms with Crippen LogP contribution in [0.2, 0.25) is 0 Å². The third-order valence-electron chi connectivity index (χ3n) is 1.69. The van der Waals surface area contributed by atoms with Gasteiger partial charge in [0.1, 0.15) is 6.04 Å². The zero-order valence-electron chi connectivity index (χ0n) is 8.43. The number of urea groups is 1. The average Bonchev–Trinajstić information content (AvgIpc) is 2.50. The van der Waals surface area contributed by atoms with Crippen molar-refractivity contribution >= 4 is 23.3 Å². The molecule has 0 saturated heterocycles. The Morgan fingerprint density at radius 1 is 1.67 bits per heavy atom. The second-order valence-corrected chi connectivity index (χ2v) is 3.85. The molecule has 0 saturated carbocycles. The maximum Gasteiger partial charge on any atom is 0.312 e. The molecule has 0 aliphatic rings. The highest BCUT2D eigenvalue weighted by molar-refractivity contribution is 7.07. The minimum absolute atomic E-state index is 0.424. The fraction of sp³-hybridized carbons (Fsp3) is 0.375. The van der Waals surface area contributed by atoms with Crippen LogP contribution in [-0.4, -0.2) is 22.5 Å². The van der Waals surface area contributed by atoms with Crippen molar-refractivity contribution in [1.29, 1.82) is 0 Å². The molecule has 0 radical (unpaired) electrons. The van der Waals surface area contributed by atoms with Crippen molar-refractivity contribution in [3.63, 3.8) is 0 Å². The lowest BCUT2D eigenvalue weighted by atomic mass is 10.3. The molecule has 0 bridgehead atoms. The van der Waals surface area contributed by atoms with Gasteiger partial charge in [0, 0.05) is 18.6 Å². The normalized spacial score (nSPS) is 13.6. The van der Waals surface area contributed by atoms with Crippen LogP contribution < -0.4 is 15.9 Å². The average molecular weight is 228 g/mol. The lowest BCUT2D eigenvalue weighted by Crippen LogP contribution is -2.41. The fourth-order valence-corrected chi connectivity index (χ4v) is 1.64. The lowest BCUT2D eigenvalue weighted by Gasteiger charge is -2.06. The maximum absolute atomic E-state index is 11.5. The van der Waals surface area contributed by atoms with Crippen LogP contribution >= 0.6 is 11.3 Å². The first-order chi connectivity index (χ1) is 7.00. The van der Waals surface area contributed by atoms with Crippen LogP contribution in [0.3, 0.4) is 0 Å². The Labute approximate surface area is 90.4 Å². The number of amides is 3. The molecule has 1 aromatic rings. The molecule has 1 rings (SSSR count). The third-order valence-corrected chi connectivity index (χ3v) is 2.54. The predicted octanol–water partition coefficient (Wildman–Crippen LogP) is -0.429. The topological polar surface area (TPSA) is 89.5 Å². The second kappa shape index (κ2) is 4.74. The van der Waals surface area contributed by atoms with Crippen molar-refractivity contribution in [2.45, 2.75) is 13.0 Å². The molecule has 1 unspecified atom stereocenters. The summed E-state index contributed by atoms with van der Waals surface area (Å²) in [5, 5.41) is 4.08. The van der Waals surface area contributed by atoms with E-state index in [1.807, 2.05) is 5.38 Å². The van der Waals surface area contributed by atoms with Gasteiger partial charge in [-0.15, -0.1) is 11.3 Å².